The SMILES string of the molecule is C=C1CC2(CO1)CC2=O. The lowest BCUT2D eigenvalue weighted by Gasteiger charge is -1.91. The molecule has 0 aromatic rings. The van der Waals surface area contributed by atoms with E-state index in [0.29, 0.717) is 18.8 Å². The van der Waals surface area contributed by atoms with Gasteiger partial charge in [0, 0.05) is 12.8 Å². The molecule has 0 N–H and O–H groups in total. The van der Waals surface area contributed by atoms with Crippen molar-refractivity contribution >= 4 is 5.78 Å². The zero-order valence-electron chi connectivity index (χ0n) is 5.14. The molecule has 1 aliphatic heterocycles. The maximum atomic E-state index is 10.7. The Morgan fingerprint density at radius 3 is 2.44 bits per heavy atom. The van der Waals surface area contributed by atoms with Gasteiger partial charge in [0.2, 0.25) is 0 Å². The second-order valence-electron chi connectivity index (χ2n) is 2.88. The van der Waals surface area contributed by atoms with E-state index in [0.717, 1.165) is 12.2 Å². The van der Waals surface area contributed by atoms with Crippen molar-refractivity contribution in [2.24, 2.45) is 5.41 Å². The third kappa shape index (κ3) is 0.530. The van der Waals surface area contributed by atoms with E-state index in [2.05, 4.69) is 6.58 Å². The van der Waals surface area contributed by atoms with E-state index in [4.69, 9.17) is 4.74 Å². The Kier molecular flexibility index (Phi) is 0.672. The van der Waals surface area contributed by atoms with Crippen molar-refractivity contribution in [2.45, 2.75) is 12.8 Å². The molecule has 2 aliphatic rings. The predicted molar refractivity (Wildman–Crippen MR) is 31.8 cm³/mol. The van der Waals surface area contributed by atoms with E-state index < -0.39 is 0 Å². The molecular weight excluding hydrogens is 116 g/mol. The van der Waals surface area contributed by atoms with Gasteiger partial charge in [0.25, 0.3) is 0 Å². The zero-order chi connectivity index (χ0) is 6.48. The maximum absolute atomic E-state index is 10.7. The summed E-state index contributed by atoms with van der Waals surface area (Å²) in [5.74, 6) is 1.13. The van der Waals surface area contributed by atoms with Crippen LogP contribution < -0.4 is 0 Å². The summed E-state index contributed by atoms with van der Waals surface area (Å²) in [5, 5.41) is 0. The van der Waals surface area contributed by atoms with Crippen molar-refractivity contribution < 1.29 is 9.53 Å². The van der Waals surface area contributed by atoms with Gasteiger partial charge in [-0.3, -0.25) is 4.79 Å². The molecule has 0 bridgehead atoms. The van der Waals surface area contributed by atoms with Crippen molar-refractivity contribution in [2.75, 3.05) is 6.61 Å². The van der Waals surface area contributed by atoms with E-state index in [1.165, 1.54) is 0 Å². The summed E-state index contributed by atoms with van der Waals surface area (Å²) >= 11 is 0. The first-order chi connectivity index (χ1) is 4.23. The highest BCUT2D eigenvalue weighted by Crippen LogP contribution is 2.50. The molecule has 0 radical (unpaired) electrons. The second kappa shape index (κ2) is 1.20. The van der Waals surface area contributed by atoms with Gasteiger partial charge < -0.3 is 4.74 Å². The van der Waals surface area contributed by atoms with Crippen molar-refractivity contribution in [3.8, 4) is 0 Å². The number of carbonyl (C=O) groups excluding carboxylic acids is 1. The van der Waals surface area contributed by atoms with E-state index in [1.54, 1.807) is 0 Å². The maximum Gasteiger partial charge on any atom is 0.144 e. The lowest BCUT2D eigenvalue weighted by atomic mass is 10.1. The Morgan fingerprint density at radius 2 is 2.22 bits per heavy atom. The minimum absolute atomic E-state index is 0.0862. The summed E-state index contributed by atoms with van der Waals surface area (Å²) in [7, 11) is 0. The minimum Gasteiger partial charge on any atom is -0.497 e. The van der Waals surface area contributed by atoms with E-state index in [9.17, 15) is 4.79 Å². The molecule has 2 heteroatoms. The average molecular weight is 124 g/mol. The van der Waals surface area contributed by atoms with Crippen LogP contribution in [0, 0.1) is 5.41 Å². The number of carbonyl (C=O) groups is 1. The fourth-order valence-electron chi connectivity index (χ4n) is 1.28. The lowest BCUT2D eigenvalue weighted by molar-refractivity contribution is -0.112. The van der Waals surface area contributed by atoms with Crippen LogP contribution in [-0.4, -0.2) is 12.4 Å². The van der Waals surface area contributed by atoms with Crippen LogP contribution in [0.4, 0.5) is 0 Å². The molecule has 2 fully saturated rings. The highest BCUT2D eigenvalue weighted by molar-refractivity contribution is 6.01. The van der Waals surface area contributed by atoms with Gasteiger partial charge in [-0.25, -0.2) is 0 Å². The minimum atomic E-state index is -0.0862. The monoisotopic (exact) mass is 124 g/mol. The highest BCUT2D eigenvalue weighted by atomic mass is 16.5. The highest BCUT2D eigenvalue weighted by Gasteiger charge is 2.57. The van der Waals surface area contributed by atoms with Gasteiger partial charge in [0.15, 0.2) is 0 Å². The second-order valence-corrected chi connectivity index (χ2v) is 2.88. The van der Waals surface area contributed by atoms with Gasteiger partial charge in [-0.05, 0) is 0 Å². The topological polar surface area (TPSA) is 26.3 Å². The quantitative estimate of drug-likeness (QED) is 0.479. The van der Waals surface area contributed by atoms with Crippen LogP contribution in [0.2, 0.25) is 0 Å². The predicted octanol–water partition coefficient (Wildman–Crippen LogP) is 0.880. The van der Waals surface area contributed by atoms with Gasteiger partial charge in [0.1, 0.15) is 12.4 Å². The molecule has 1 saturated heterocycles. The van der Waals surface area contributed by atoms with Crippen LogP contribution in [0.1, 0.15) is 12.8 Å². The number of allylic oxidation sites excluding steroid dienone is 1. The van der Waals surface area contributed by atoms with Crippen LogP contribution in [0.3, 0.4) is 0 Å². The Bertz CT molecular complexity index is 189. The van der Waals surface area contributed by atoms with Crippen LogP contribution in [0.25, 0.3) is 0 Å². The molecule has 0 aromatic heterocycles. The molecule has 1 heterocycles. The summed E-state index contributed by atoms with van der Waals surface area (Å²) in [6, 6.07) is 0. The van der Waals surface area contributed by atoms with E-state index >= 15 is 0 Å². The molecule has 1 atom stereocenters. The Hall–Kier alpha value is -0.790. The number of ketones is 1. The van der Waals surface area contributed by atoms with Crippen molar-refractivity contribution in [3.63, 3.8) is 0 Å². The summed E-state index contributed by atoms with van der Waals surface area (Å²) < 4.78 is 5.09. The van der Waals surface area contributed by atoms with Gasteiger partial charge in [0.05, 0.1) is 11.2 Å². The van der Waals surface area contributed by atoms with Crippen molar-refractivity contribution in [1.29, 1.82) is 0 Å². The van der Waals surface area contributed by atoms with Crippen LogP contribution in [0.15, 0.2) is 12.3 Å². The van der Waals surface area contributed by atoms with Crippen molar-refractivity contribution in [3.05, 3.63) is 12.3 Å². The molecule has 1 saturated carbocycles. The molecule has 9 heavy (non-hydrogen) atoms. The first kappa shape index (κ1) is 5.03. The number of hydrogen-bond acceptors (Lipinski definition) is 2. The zero-order valence-corrected chi connectivity index (χ0v) is 5.14. The van der Waals surface area contributed by atoms with Gasteiger partial charge in [-0.2, -0.15) is 0 Å². The standard InChI is InChI=1S/C7H8O2/c1-5-2-7(4-9-5)3-6(7)8/h1-4H2. The Balaban J connectivity index is 2.19. The summed E-state index contributed by atoms with van der Waals surface area (Å²) in [6.45, 7) is 4.24. The fourth-order valence-corrected chi connectivity index (χ4v) is 1.28. The Morgan fingerprint density at radius 1 is 1.56 bits per heavy atom. The van der Waals surface area contributed by atoms with Crippen LogP contribution >= 0.6 is 0 Å². The van der Waals surface area contributed by atoms with Gasteiger partial charge in [-0.1, -0.05) is 6.58 Å². The third-order valence-electron chi connectivity index (χ3n) is 2.05. The molecular formula is C7H8O2. The Labute approximate surface area is 53.5 Å². The molecule has 2 rings (SSSR count). The largest absolute Gasteiger partial charge is 0.497 e. The molecule has 48 valence electrons. The van der Waals surface area contributed by atoms with Gasteiger partial charge in [-0.15, -0.1) is 0 Å². The summed E-state index contributed by atoms with van der Waals surface area (Å²) in [5.41, 5.74) is -0.0862. The molecule has 1 spiro atoms. The summed E-state index contributed by atoms with van der Waals surface area (Å²) in [6.07, 6.45) is 1.48. The molecule has 0 amide bonds. The molecule has 1 aliphatic carbocycles. The van der Waals surface area contributed by atoms with Crippen molar-refractivity contribution in [1.82, 2.24) is 0 Å². The first-order valence-electron chi connectivity index (χ1n) is 3.07. The molecule has 2 nitrogen and oxygen atoms in total. The lowest BCUT2D eigenvalue weighted by Crippen LogP contribution is -2.00. The normalized spacial score (nSPS) is 39.6. The number of ether oxygens (including phenoxy) is 1. The van der Waals surface area contributed by atoms with Crippen LogP contribution in [-0.2, 0) is 9.53 Å². The number of hydrogen-bond donors (Lipinski definition) is 0. The number of rotatable bonds is 0. The molecule has 0 aromatic carbocycles. The number of Topliss-reactive ketones (excluding diaryl/α,β-unsaturated/α-hetero) is 1. The van der Waals surface area contributed by atoms with E-state index in [-0.39, 0.29) is 5.41 Å². The third-order valence-corrected chi connectivity index (χ3v) is 2.05. The molecule has 1 unspecified atom stereocenters. The smallest absolute Gasteiger partial charge is 0.144 e. The average Bonchev–Trinajstić information content (AvgIpc) is 2.17. The van der Waals surface area contributed by atoms with Crippen LogP contribution in [0.5, 0.6) is 0 Å². The summed E-state index contributed by atoms with van der Waals surface area (Å²) in [4.78, 5) is 10.7. The first-order valence-corrected chi connectivity index (χ1v) is 3.07. The van der Waals surface area contributed by atoms with E-state index in [1.807, 2.05) is 0 Å². The fraction of sp³-hybridized carbons (Fsp3) is 0.571. The van der Waals surface area contributed by atoms with Gasteiger partial charge >= 0.3 is 0 Å².